The predicted octanol–water partition coefficient (Wildman–Crippen LogP) is 3.27. The topological polar surface area (TPSA) is 82.8 Å². The van der Waals surface area contributed by atoms with Crippen molar-refractivity contribution in [2.24, 2.45) is 0 Å². The lowest BCUT2D eigenvalue weighted by molar-refractivity contribution is 0.0940. The molecule has 5 rings (SSSR count). The van der Waals surface area contributed by atoms with E-state index in [1.165, 1.54) is 24.3 Å². The second-order valence-electron chi connectivity index (χ2n) is 7.17. The summed E-state index contributed by atoms with van der Waals surface area (Å²) in [6.07, 6.45) is 4.41. The SMILES string of the molecule is Fc1ccccc1.O=C(N[C@H]1CCN(c2ccc3nccn3n2)C1)c1ccc(O)cc1. The molecule has 158 valence electrons. The van der Waals surface area contributed by atoms with Crippen LogP contribution in [0.3, 0.4) is 0 Å². The number of nitrogens with zero attached hydrogens (tertiary/aromatic N) is 4. The molecule has 8 heteroatoms. The average molecular weight is 419 g/mol. The Morgan fingerprint density at radius 1 is 1.06 bits per heavy atom. The molecule has 1 fully saturated rings. The first kappa shape index (κ1) is 20.3. The van der Waals surface area contributed by atoms with Gasteiger partial charge in [-0.2, -0.15) is 0 Å². The largest absolute Gasteiger partial charge is 0.508 e. The number of fused-ring (bicyclic) bond motifs is 1. The van der Waals surface area contributed by atoms with Gasteiger partial charge >= 0.3 is 0 Å². The van der Waals surface area contributed by atoms with Gasteiger partial charge in [0.15, 0.2) is 5.65 Å². The van der Waals surface area contributed by atoms with Crippen LogP contribution in [0.2, 0.25) is 0 Å². The number of rotatable bonds is 3. The molecule has 3 heterocycles. The van der Waals surface area contributed by atoms with Crippen LogP contribution < -0.4 is 10.2 Å². The lowest BCUT2D eigenvalue weighted by Crippen LogP contribution is -2.37. The number of carbonyl (C=O) groups excluding carboxylic acids is 1. The summed E-state index contributed by atoms with van der Waals surface area (Å²) in [5.74, 6) is 0.726. The molecule has 7 nitrogen and oxygen atoms in total. The van der Waals surface area contributed by atoms with Crippen LogP contribution in [0.4, 0.5) is 10.2 Å². The molecule has 31 heavy (non-hydrogen) atoms. The number of aromatic nitrogens is 3. The number of imidazole rings is 1. The molecule has 1 aliphatic rings. The van der Waals surface area contributed by atoms with Crippen LogP contribution in [0.1, 0.15) is 16.8 Å². The van der Waals surface area contributed by atoms with Crippen molar-refractivity contribution in [3.8, 4) is 5.75 Å². The van der Waals surface area contributed by atoms with Crippen LogP contribution in [-0.2, 0) is 0 Å². The van der Waals surface area contributed by atoms with Gasteiger partial charge in [0.2, 0.25) is 0 Å². The first-order valence-corrected chi connectivity index (χ1v) is 9.94. The predicted molar refractivity (Wildman–Crippen MR) is 116 cm³/mol. The summed E-state index contributed by atoms with van der Waals surface area (Å²) in [7, 11) is 0. The summed E-state index contributed by atoms with van der Waals surface area (Å²) in [5, 5.41) is 16.9. The maximum Gasteiger partial charge on any atom is 0.251 e. The van der Waals surface area contributed by atoms with Crippen molar-refractivity contribution < 1.29 is 14.3 Å². The minimum Gasteiger partial charge on any atom is -0.508 e. The normalized spacial score (nSPS) is 15.4. The van der Waals surface area contributed by atoms with Crippen molar-refractivity contribution >= 4 is 17.4 Å². The first-order valence-electron chi connectivity index (χ1n) is 9.94. The van der Waals surface area contributed by atoms with Gasteiger partial charge in [-0.05, 0) is 55.0 Å². The van der Waals surface area contributed by atoms with E-state index in [1.807, 2.05) is 18.3 Å². The van der Waals surface area contributed by atoms with Crippen LogP contribution in [0.5, 0.6) is 5.75 Å². The first-order chi connectivity index (χ1) is 15.1. The van der Waals surface area contributed by atoms with Crippen molar-refractivity contribution in [1.29, 1.82) is 0 Å². The highest BCUT2D eigenvalue weighted by Gasteiger charge is 2.25. The van der Waals surface area contributed by atoms with E-state index in [0.29, 0.717) is 5.56 Å². The Labute approximate surface area is 178 Å². The van der Waals surface area contributed by atoms with Gasteiger partial charge in [-0.3, -0.25) is 4.79 Å². The van der Waals surface area contributed by atoms with Crippen molar-refractivity contribution in [3.63, 3.8) is 0 Å². The number of hydrogen-bond donors (Lipinski definition) is 2. The lowest BCUT2D eigenvalue weighted by atomic mass is 10.2. The fourth-order valence-electron chi connectivity index (χ4n) is 3.36. The molecule has 2 aromatic heterocycles. The third-order valence-corrected chi connectivity index (χ3v) is 4.95. The van der Waals surface area contributed by atoms with Crippen LogP contribution >= 0.6 is 0 Å². The van der Waals surface area contributed by atoms with Crippen molar-refractivity contribution in [2.45, 2.75) is 12.5 Å². The molecular weight excluding hydrogens is 397 g/mol. The van der Waals surface area contributed by atoms with Crippen LogP contribution in [0.25, 0.3) is 5.65 Å². The molecule has 1 aliphatic heterocycles. The summed E-state index contributed by atoms with van der Waals surface area (Å²) >= 11 is 0. The number of phenols is 1. The molecule has 1 atom stereocenters. The van der Waals surface area contributed by atoms with E-state index in [1.54, 1.807) is 41.0 Å². The van der Waals surface area contributed by atoms with Gasteiger partial charge in [0.1, 0.15) is 17.4 Å². The number of aromatic hydroxyl groups is 1. The molecule has 4 aromatic rings. The van der Waals surface area contributed by atoms with Gasteiger partial charge in [0, 0.05) is 37.1 Å². The zero-order chi connectivity index (χ0) is 21.6. The second-order valence-corrected chi connectivity index (χ2v) is 7.17. The second kappa shape index (κ2) is 9.25. The number of phenolic OH excluding ortho intramolecular Hbond substituents is 1. The zero-order valence-corrected chi connectivity index (χ0v) is 16.7. The van der Waals surface area contributed by atoms with Gasteiger partial charge in [-0.25, -0.2) is 13.9 Å². The minimum absolute atomic E-state index is 0.0755. The maximum absolute atomic E-state index is 12.3. The Morgan fingerprint density at radius 2 is 1.84 bits per heavy atom. The molecule has 0 bridgehead atoms. The van der Waals surface area contributed by atoms with Crippen molar-refractivity contribution in [3.05, 3.63) is 90.5 Å². The summed E-state index contributed by atoms with van der Waals surface area (Å²) in [6, 6.07) is 18.2. The zero-order valence-electron chi connectivity index (χ0n) is 16.7. The highest BCUT2D eigenvalue weighted by molar-refractivity contribution is 5.94. The Balaban J connectivity index is 0.000000282. The molecule has 1 saturated heterocycles. The van der Waals surface area contributed by atoms with Gasteiger partial charge in [-0.15, -0.1) is 5.10 Å². The number of amides is 1. The third-order valence-electron chi connectivity index (χ3n) is 4.95. The van der Waals surface area contributed by atoms with Crippen LogP contribution in [-0.4, -0.2) is 44.7 Å². The van der Waals surface area contributed by atoms with E-state index in [9.17, 15) is 14.3 Å². The summed E-state index contributed by atoms with van der Waals surface area (Å²) in [6.45, 7) is 1.56. The quantitative estimate of drug-likeness (QED) is 0.533. The number of halogens is 1. The molecule has 0 aliphatic carbocycles. The van der Waals surface area contributed by atoms with Gasteiger partial charge < -0.3 is 15.3 Å². The molecular formula is C23H22FN5O2. The third kappa shape index (κ3) is 5.16. The smallest absolute Gasteiger partial charge is 0.251 e. The van der Waals surface area contributed by atoms with E-state index in [-0.39, 0.29) is 23.5 Å². The van der Waals surface area contributed by atoms with E-state index < -0.39 is 0 Å². The molecule has 0 unspecified atom stereocenters. The lowest BCUT2D eigenvalue weighted by Gasteiger charge is -2.18. The minimum atomic E-state index is -0.178. The van der Waals surface area contributed by atoms with E-state index in [0.717, 1.165) is 31.0 Å². The number of carbonyl (C=O) groups is 1. The maximum atomic E-state index is 12.3. The van der Waals surface area contributed by atoms with E-state index >= 15 is 0 Å². The van der Waals surface area contributed by atoms with Crippen LogP contribution in [0.15, 0.2) is 79.1 Å². The van der Waals surface area contributed by atoms with Crippen molar-refractivity contribution in [2.75, 3.05) is 18.0 Å². The number of anilines is 1. The van der Waals surface area contributed by atoms with Gasteiger partial charge in [0.25, 0.3) is 5.91 Å². The summed E-state index contributed by atoms with van der Waals surface area (Å²) in [5.41, 5.74) is 1.36. The fourth-order valence-corrected chi connectivity index (χ4v) is 3.36. The molecule has 0 spiro atoms. The average Bonchev–Trinajstić information content (AvgIpc) is 3.44. The number of benzene rings is 2. The van der Waals surface area contributed by atoms with Gasteiger partial charge in [0.05, 0.1) is 0 Å². The number of hydrogen-bond acceptors (Lipinski definition) is 5. The molecule has 0 saturated carbocycles. The molecule has 2 aromatic carbocycles. The van der Waals surface area contributed by atoms with Crippen molar-refractivity contribution in [1.82, 2.24) is 19.9 Å². The van der Waals surface area contributed by atoms with Gasteiger partial charge in [-0.1, -0.05) is 18.2 Å². The molecule has 2 N–H and O–H groups in total. The Kier molecular flexibility index (Phi) is 6.07. The Hall–Kier alpha value is -3.94. The standard InChI is InChI=1S/C17H17N5O2.C6H5F/c23-14-3-1-12(2-4-14)17(24)19-13-7-9-21(11-13)16-6-5-15-18-8-10-22(15)20-16;7-6-4-2-1-3-5-6/h1-6,8,10,13,23H,7,9,11H2,(H,19,24);1-5H/t13-;/m0./s1. The highest BCUT2D eigenvalue weighted by atomic mass is 19.1. The fraction of sp³-hybridized carbons (Fsp3) is 0.174. The highest BCUT2D eigenvalue weighted by Crippen LogP contribution is 2.19. The van der Waals surface area contributed by atoms with E-state index in [4.69, 9.17) is 0 Å². The Morgan fingerprint density at radius 3 is 2.55 bits per heavy atom. The summed E-state index contributed by atoms with van der Waals surface area (Å²) < 4.78 is 13.7. The molecule has 1 amide bonds. The molecule has 0 radical (unpaired) electrons. The van der Waals surface area contributed by atoms with E-state index in [2.05, 4.69) is 20.3 Å². The number of nitrogens with one attached hydrogen (secondary N) is 1. The summed E-state index contributed by atoms with van der Waals surface area (Å²) in [4.78, 5) is 18.6. The van der Waals surface area contributed by atoms with Crippen LogP contribution in [0, 0.1) is 5.82 Å². The Bertz CT molecular complexity index is 1150. The monoisotopic (exact) mass is 419 g/mol.